The van der Waals surface area contributed by atoms with Crippen LogP contribution in [-0.2, 0) is 0 Å². The minimum Gasteiger partial charge on any atom is -0.330 e. The van der Waals surface area contributed by atoms with Gasteiger partial charge in [0, 0.05) is 0 Å². The van der Waals surface area contributed by atoms with Crippen molar-refractivity contribution in [3.8, 4) is 0 Å². The van der Waals surface area contributed by atoms with Gasteiger partial charge >= 0.3 is 0 Å². The minimum absolute atomic E-state index is 0.487. The molecule has 1 saturated carbocycles. The maximum Gasteiger partial charge on any atom is -0.00204 e. The molecule has 1 fully saturated rings. The summed E-state index contributed by atoms with van der Waals surface area (Å²) in [5.41, 5.74) is 6.55. The van der Waals surface area contributed by atoms with E-state index in [1.807, 2.05) is 0 Å². The van der Waals surface area contributed by atoms with Crippen molar-refractivity contribution in [2.45, 2.75) is 66.2 Å². The first-order chi connectivity index (χ1) is 7.53. The van der Waals surface area contributed by atoms with E-state index in [9.17, 15) is 0 Å². The molecule has 0 aromatic carbocycles. The first-order valence-corrected chi connectivity index (χ1v) is 7.23. The lowest BCUT2D eigenvalue weighted by Gasteiger charge is -2.42. The fourth-order valence-electron chi connectivity index (χ4n) is 3.29. The predicted molar refractivity (Wildman–Crippen MR) is 72.4 cm³/mol. The molecule has 1 heteroatoms. The van der Waals surface area contributed by atoms with Gasteiger partial charge in [-0.05, 0) is 61.8 Å². The third-order valence-corrected chi connectivity index (χ3v) is 4.95. The molecule has 1 atom stereocenters. The summed E-state index contributed by atoms with van der Waals surface area (Å²) >= 11 is 0. The Morgan fingerprint density at radius 2 is 1.75 bits per heavy atom. The van der Waals surface area contributed by atoms with E-state index < -0.39 is 0 Å². The molecule has 0 radical (unpaired) electrons. The Hall–Kier alpha value is -0.0400. The van der Waals surface area contributed by atoms with Crippen molar-refractivity contribution < 1.29 is 0 Å². The molecule has 0 saturated heterocycles. The SMILES string of the molecule is CCC(C)CC1(CN)CCC(C(C)C)CC1. The lowest BCUT2D eigenvalue weighted by Crippen LogP contribution is -2.37. The van der Waals surface area contributed by atoms with Crippen molar-refractivity contribution in [2.24, 2.45) is 28.9 Å². The van der Waals surface area contributed by atoms with Crippen LogP contribution >= 0.6 is 0 Å². The summed E-state index contributed by atoms with van der Waals surface area (Å²) in [7, 11) is 0. The van der Waals surface area contributed by atoms with E-state index in [0.717, 1.165) is 24.3 Å². The van der Waals surface area contributed by atoms with Crippen molar-refractivity contribution in [3.63, 3.8) is 0 Å². The van der Waals surface area contributed by atoms with Crippen LogP contribution in [0.3, 0.4) is 0 Å². The summed E-state index contributed by atoms with van der Waals surface area (Å²) in [4.78, 5) is 0. The molecule has 2 N–H and O–H groups in total. The van der Waals surface area contributed by atoms with Crippen LogP contribution in [0.4, 0.5) is 0 Å². The van der Waals surface area contributed by atoms with Gasteiger partial charge < -0.3 is 5.73 Å². The standard InChI is InChI=1S/C15H31N/c1-5-13(4)10-15(11-16)8-6-14(7-9-15)12(2)3/h12-14H,5-11,16H2,1-4H3. The monoisotopic (exact) mass is 225 g/mol. The molecular weight excluding hydrogens is 194 g/mol. The van der Waals surface area contributed by atoms with Crippen LogP contribution in [0, 0.1) is 23.2 Å². The summed E-state index contributed by atoms with van der Waals surface area (Å²) in [6.07, 6.45) is 8.21. The average molecular weight is 225 g/mol. The summed E-state index contributed by atoms with van der Waals surface area (Å²) in [5, 5.41) is 0. The quantitative estimate of drug-likeness (QED) is 0.745. The van der Waals surface area contributed by atoms with Crippen LogP contribution in [0.1, 0.15) is 66.2 Å². The first kappa shape index (κ1) is 14.0. The fraction of sp³-hybridized carbons (Fsp3) is 1.00. The molecule has 0 aromatic rings. The summed E-state index contributed by atoms with van der Waals surface area (Å²) < 4.78 is 0. The first-order valence-electron chi connectivity index (χ1n) is 7.23. The molecule has 0 bridgehead atoms. The number of nitrogens with two attached hydrogens (primary N) is 1. The molecule has 0 amide bonds. The Bertz CT molecular complexity index is 190. The Kier molecular flexibility index (Phi) is 5.30. The second-order valence-electron chi connectivity index (χ2n) is 6.50. The number of rotatable bonds is 5. The van der Waals surface area contributed by atoms with Crippen molar-refractivity contribution in [2.75, 3.05) is 6.54 Å². The second-order valence-corrected chi connectivity index (χ2v) is 6.50. The number of hydrogen-bond donors (Lipinski definition) is 1. The highest BCUT2D eigenvalue weighted by Gasteiger charge is 2.35. The fourth-order valence-corrected chi connectivity index (χ4v) is 3.29. The minimum atomic E-state index is 0.487. The van der Waals surface area contributed by atoms with E-state index >= 15 is 0 Å². The van der Waals surface area contributed by atoms with Gasteiger partial charge in [0.1, 0.15) is 0 Å². The topological polar surface area (TPSA) is 26.0 Å². The highest BCUT2D eigenvalue weighted by molar-refractivity contribution is 4.88. The van der Waals surface area contributed by atoms with Gasteiger partial charge in [0.05, 0.1) is 0 Å². The molecule has 0 aliphatic heterocycles. The molecule has 0 spiro atoms. The predicted octanol–water partition coefficient (Wildman–Crippen LogP) is 4.21. The van der Waals surface area contributed by atoms with Gasteiger partial charge in [-0.15, -0.1) is 0 Å². The zero-order valence-electron chi connectivity index (χ0n) is 11.8. The van der Waals surface area contributed by atoms with E-state index in [-0.39, 0.29) is 0 Å². The number of hydrogen-bond acceptors (Lipinski definition) is 1. The van der Waals surface area contributed by atoms with Gasteiger partial charge in [0.25, 0.3) is 0 Å². The van der Waals surface area contributed by atoms with Gasteiger partial charge in [0.2, 0.25) is 0 Å². The molecule has 1 nitrogen and oxygen atoms in total. The molecular formula is C15H31N. The van der Waals surface area contributed by atoms with Gasteiger partial charge in [-0.25, -0.2) is 0 Å². The van der Waals surface area contributed by atoms with Crippen molar-refractivity contribution >= 4 is 0 Å². The van der Waals surface area contributed by atoms with Crippen molar-refractivity contribution in [1.29, 1.82) is 0 Å². The van der Waals surface area contributed by atoms with Crippen LogP contribution in [0.15, 0.2) is 0 Å². The van der Waals surface area contributed by atoms with E-state index in [0.29, 0.717) is 5.41 Å². The molecule has 1 aliphatic carbocycles. The van der Waals surface area contributed by atoms with E-state index in [1.165, 1.54) is 38.5 Å². The van der Waals surface area contributed by atoms with Gasteiger partial charge in [0.15, 0.2) is 0 Å². The van der Waals surface area contributed by atoms with Crippen LogP contribution in [0.2, 0.25) is 0 Å². The van der Waals surface area contributed by atoms with Crippen LogP contribution in [0.5, 0.6) is 0 Å². The highest BCUT2D eigenvalue weighted by atomic mass is 14.6. The third-order valence-electron chi connectivity index (χ3n) is 4.95. The van der Waals surface area contributed by atoms with Crippen molar-refractivity contribution in [3.05, 3.63) is 0 Å². The second kappa shape index (κ2) is 6.05. The molecule has 0 aromatic heterocycles. The van der Waals surface area contributed by atoms with Crippen molar-refractivity contribution in [1.82, 2.24) is 0 Å². The maximum absolute atomic E-state index is 6.06. The molecule has 96 valence electrons. The zero-order chi connectivity index (χ0) is 12.2. The summed E-state index contributed by atoms with van der Waals surface area (Å²) in [5.74, 6) is 2.66. The van der Waals surface area contributed by atoms with Crippen LogP contribution in [0.25, 0.3) is 0 Å². The molecule has 1 unspecified atom stereocenters. The zero-order valence-corrected chi connectivity index (χ0v) is 11.8. The van der Waals surface area contributed by atoms with Crippen LogP contribution < -0.4 is 5.73 Å². The molecule has 0 heterocycles. The average Bonchev–Trinajstić information content (AvgIpc) is 2.29. The molecule has 1 aliphatic rings. The maximum atomic E-state index is 6.06. The van der Waals surface area contributed by atoms with Gasteiger partial charge in [-0.3, -0.25) is 0 Å². The Morgan fingerprint density at radius 1 is 1.19 bits per heavy atom. The smallest absolute Gasteiger partial charge is 0.00204 e. The van der Waals surface area contributed by atoms with Gasteiger partial charge in [-0.1, -0.05) is 34.1 Å². The normalized spacial score (nSPS) is 33.0. The summed E-state index contributed by atoms with van der Waals surface area (Å²) in [6.45, 7) is 10.3. The van der Waals surface area contributed by atoms with Gasteiger partial charge in [-0.2, -0.15) is 0 Å². The Morgan fingerprint density at radius 3 is 2.12 bits per heavy atom. The Balaban J connectivity index is 2.51. The summed E-state index contributed by atoms with van der Waals surface area (Å²) in [6, 6.07) is 0. The van der Waals surface area contributed by atoms with E-state index in [4.69, 9.17) is 5.73 Å². The largest absolute Gasteiger partial charge is 0.330 e. The highest BCUT2D eigenvalue weighted by Crippen LogP contribution is 2.44. The molecule has 16 heavy (non-hydrogen) atoms. The lowest BCUT2D eigenvalue weighted by atomic mass is 9.64. The molecule has 1 rings (SSSR count). The third kappa shape index (κ3) is 3.48. The van der Waals surface area contributed by atoms with E-state index in [1.54, 1.807) is 0 Å². The Labute approximate surface area is 102 Å². The van der Waals surface area contributed by atoms with Crippen LogP contribution in [-0.4, -0.2) is 6.54 Å². The lowest BCUT2D eigenvalue weighted by molar-refractivity contribution is 0.105. The van der Waals surface area contributed by atoms with E-state index in [2.05, 4.69) is 27.7 Å².